The van der Waals surface area contributed by atoms with Gasteiger partial charge in [-0.1, -0.05) is 46.6 Å². The smallest absolute Gasteiger partial charge is 0.128 e. The predicted octanol–water partition coefficient (Wildman–Crippen LogP) is 5.64. The second kappa shape index (κ2) is 7.39. The topological polar surface area (TPSA) is 12.0 Å². The lowest BCUT2D eigenvalue weighted by Gasteiger charge is -2.21. The largest absolute Gasteiger partial charge is 0.306 e. The van der Waals surface area contributed by atoms with E-state index in [-0.39, 0.29) is 11.9 Å². The first kappa shape index (κ1) is 16.5. The lowest BCUT2D eigenvalue weighted by Crippen LogP contribution is -2.24. The van der Waals surface area contributed by atoms with Crippen molar-refractivity contribution in [2.24, 2.45) is 0 Å². The molecule has 4 heteroatoms. The number of rotatable bonds is 5. The second-order valence-corrected chi connectivity index (χ2v) is 6.38. The summed E-state index contributed by atoms with van der Waals surface area (Å²) in [6.45, 7) is 4.85. The highest BCUT2D eigenvalue weighted by Gasteiger charge is 2.18. The first-order valence-corrected chi connectivity index (χ1v) is 8.14. The fourth-order valence-electron chi connectivity index (χ4n) is 2.22. The van der Waals surface area contributed by atoms with Crippen molar-refractivity contribution in [3.05, 3.63) is 68.4 Å². The fourth-order valence-corrected chi connectivity index (χ4v) is 2.79. The van der Waals surface area contributed by atoms with Crippen molar-refractivity contribution >= 4 is 27.5 Å². The van der Waals surface area contributed by atoms with Gasteiger partial charge in [0, 0.05) is 15.1 Å². The molecule has 1 N–H and O–H groups in total. The molecule has 112 valence electrons. The minimum atomic E-state index is -0.219. The van der Waals surface area contributed by atoms with E-state index in [4.69, 9.17) is 11.6 Å². The third-order valence-corrected chi connectivity index (χ3v) is 4.30. The van der Waals surface area contributed by atoms with Crippen LogP contribution in [-0.2, 0) is 0 Å². The Kier molecular flexibility index (Phi) is 5.80. The van der Waals surface area contributed by atoms with Crippen LogP contribution >= 0.6 is 27.5 Å². The lowest BCUT2D eigenvalue weighted by molar-refractivity contribution is 0.546. The average Bonchev–Trinajstić information content (AvgIpc) is 2.46. The van der Waals surface area contributed by atoms with E-state index in [1.807, 2.05) is 31.2 Å². The molecular formula is C17H18BrClFN. The van der Waals surface area contributed by atoms with E-state index in [9.17, 15) is 4.39 Å². The van der Waals surface area contributed by atoms with Crippen molar-refractivity contribution in [2.75, 3.05) is 6.54 Å². The summed E-state index contributed by atoms with van der Waals surface area (Å²) >= 11 is 9.63. The molecule has 0 aliphatic carbocycles. The zero-order valence-electron chi connectivity index (χ0n) is 12.1. The van der Waals surface area contributed by atoms with E-state index in [1.165, 1.54) is 6.07 Å². The van der Waals surface area contributed by atoms with Gasteiger partial charge < -0.3 is 5.32 Å². The van der Waals surface area contributed by atoms with Crippen molar-refractivity contribution < 1.29 is 4.39 Å². The maximum absolute atomic E-state index is 14.2. The zero-order chi connectivity index (χ0) is 15.4. The Balaban J connectivity index is 2.46. The van der Waals surface area contributed by atoms with Gasteiger partial charge in [0.2, 0.25) is 0 Å². The molecule has 0 aromatic heterocycles. The molecular weight excluding hydrogens is 353 g/mol. The van der Waals surface area contributed by atoms with E-state index in [2.05, 4.69) is 28.2 Å². The van der Waals surface area contributed by atoms with Gasteiger partial charge in [-0.25, -0.2) is 4.39 Å². The Morgan fingerprint density at radius 3 is 2.67 bits per heavy atom. The molecule has 1 nitrogen and oxygen atoms in total. The molecule has 0 saturated heterocycles. The molecule has 0 saturated carbocycles. The molecule has 1 unspecified atom stereocenters. The Bertz CT molecular complexity index is 630. The van der Waals surface area contributed by atoms with Crippen LogP contribution in [0.4, 0.5) is 4.39 Å². The van der Waals surface area contributed by atoms with Crippen molar-refractivity contribution in [1.82, 2.24) is 5.32 Å². The Hall–Kier alpha value is -0.900. The second-order valence-electron chi connectivity index (χ2n) is 5.06. The van der Waals surface area contributed by atoms with Crippen LogP contribution < -0.4 is 5.32 Å². The summed E-state index contributed by atoms with van der Waals surface area (Å²) in [6, 6.07) is 10.7. The molecule has 2 aromatic rings. The summed E-state index contributed by atoms with van der Waals surface area (Å²) in [5, 5.41) is 4.10. The van der Waals surface area contributed by atoms with Crippen LogP contribution in [0.2, 0.25) is 5.02 Å². The van der Waals surface area contributed by atoms with Crippen molar-refractivity contribution in [2.45, 2.75) is 26.3 Å². The molecule has 0 aliphatic heterocycles. The van der Waals surface area contributed by atoms with Crippen molar-refractivity contribution in [3.8, 4) is 0 Å². The number of nitrogens with one attached hydrogen (secondary N) is 1. The molecule has 0 aliphatic rings. The number of benzene rings is 2. The molecule has 21 heavy (non-hydrogen) atoms. The van der Waals surface area contributed by atoms with E-state index >= 15 is 0 Å². The van der Waals surface area contributed by atoms with Gasteiger partial charge in [-0.15, -0.1) is 0 Å². The van der Waals surface area contributed by atoms with E-state index < -0.39 is 0 Å². The molecule has 0 fully saturated rings. The average molecular weight is 371 g/mol. The quantitative estimate of drug-likeness (QED) is 0.718. The highest BCUT2D eigenvalue weighted by molar-refractivity contribution is 9.10. The third-order valence-electron chi connectivity index (χ3n) is 3.40. The molecule has 1 atom stereocenters. The zero-order valence-corrected chi connectivity index (χ0v) is 14.4. The molecule has 2 rings (SSSR count). The summed E-state index contributed by atoms with van der Waals surface area (Å²) in [4.78, 5) is 0. The van der Waals surface area contributed by atoms with Gasteiger partial charge >= 0.3 is 0 Å². The monoisotopic (exact) mass is 369 g/mol. The molecule has 0 heterocycles. The van der Waals surface area contributed by atoms with Gasteiger partial charge in [0.25, 0.3) is 0 Å². The van der Waals surface area contributed by atoms with E-state index in [0.717, 1.165) is 28.6 Å². The van der Waals surface area contributed by atoms with Crippen molar-refractivity contribution in [3.63, 3.8) is 0 Å². The normalized spacial score (nSPS) is 12.4. The Labute approximate surface area is 138 Å². The van der Waals surface area contributed by atoms with Crippen LogP contribution in [0.25, 0.3) is 0 Å². The van der Waals surface area contributed by atoms with Crippen molar-refractivity contribution in [1.29, 1.82) is 0 Å². The first-order chi connectivity index (χ1) is 10.0. The van der Waals surface area contributed by atoms with Gasteiger partial charge in [0.1, 0.15) is 5.82 Å². The SMILES string of the molecule is CCCNC(c1ccc(C)c(Cl)c1)c1cc(Br)ccc1F. The highest BCUT2D eigenvalue weighted by Crippen LogP contribution is 2.29. The van der Waals surface area contributed by atoms with Gasteiger partial charge in [0.15, 0.2) is 0 Å². The van der Waals surface area contributed by atoms with Gasteiger partial charge in [-0.2, -0.15) is 0 Å². The maximum Gasteiger partial charge on any atom is 0.128 e. The maximum atomic E-state index is 14.2. The van der Waals surface area contributed by atoms with Crippen LogP contribution in [0.15, 0.2) is 40.9 Å². The summed E-state index contributed by atoms with van der Waals surface area (Å²) in [5.74, 6) is -0.219. The predicted molar refractivity (Wildman–Crippen MR) is 90.4 cm³/mol. The number of halogens is 3. The number of hydrogen-bond acceptors (Lipinski definition) is 1. The van der Waals surface area contributed by atoms with Gasteiger partial charge in [-0.3, -0.25) is 0 Å². The summed E-state index contributed by atoms with van der Waals surface area (Å²) in [6.07, 6.45) is 0.978. The molecule has 2 aromatic carbocycles. The number of aryl methyl sites for hydroxylation is 1. The van der Waals surface area contributed by atoms with Gasteiger partial charge in [-0.05, 0) is 55.3 Å². The minimum Gasteiger partial charge on any atom is -0.306 e. The summed E-state index contributed by atoms with van der Waals surface area (Å²) in [7, 11) is 0. The van der Waals surface area contributed by atoms with Crippen LogP contribution in [0, 0.1) is 12.7 Å². The van der Waals surface area contributed by atoms with Crippen LogP contribution in [-0.4, -0.2) is 6.54 Å². The summed E-state index contributed by atoms with van der Waals surface area (Å²) in [5.41, 5.74) is 2.61. The molecule has 0 amide bonds. The number of hydrogen-bond donors (Lipinski definition) is 1. The standard InChI is InChI=1S/C17H18BrClFN/c1-3-8-21-17(12-5-4-11(2)15(19)9-12)14-10-13(18)6-7-16(14)20/h4-7,9-10,17,21H,3,8H2,1-2H3. The van der Waals surface area contributed by atoms with Crippen LogP contribution in [0.3, 0.4) is 0 Å². The Morgan fingerprint density at radius 2 is 2.00 bits per heavy atom. The molecule has 0 radical (unpaired) electrons. The van der Waals surface area contributed by atoms with Gasteiger partial charge in [0.05, 0.1) is 6.04 Å². The summed E-state index contributed by atoms with van der Waals surface area (Å²) < 4.78 is 15.1. The van der Waals surface area contributed by atoms with E-state index in [0.29, 0.717) is 10.6 Å². The third kappa shape index (κ3) is 4.06. The van der Waals surface area contributed by atoms with Crippen LogP contribution in [0.1, 0.15) is 36.1 Å². The first-order valence-electron chi connectivity index (χ1n) is 6.97. The Morgan fingerprint density at radius 1 is 1.24 bits per heavy atom. The van der Waals surface area contributed by atoms with E-state index in [1.54, 1.807) is 6.07 Å². The van der Waals surface area contributed by atoms with Crippen LogP contribution in [0.5, 0.6) is 0 Å². The highest BCUT2D eigenvalue weighted by atomic mass is 79.9. The molecule has 0 spiro atoms. The minimum absolute atomic E-state index is 0.208. The fraction of sp³-hybridized carbons (Fsp3) is 0.294. The lowest BCUT2D eigenvalue weighted by atomic mass is 9.97. The molecule has 0 bridgehead atoms.